The highest BCUT2D eigenvalue weighted by molar-refractivity contribution is 5.99. The minimum absolute atomic E-state index is 0.714. The molecule has 3 heteroatoms. The van der Waals surface area contributed by atoms with E-state index in [1.54, 1.807) is 7.11 Å². The lowest BCUT2D eigenvalue weighted by molar-refractivity contribution is 0.420. The van der Waals surface area contributed by atoms with E-state index in [-0.39, 0.29) is 0 Å². The SMILES string of the molecule is COc1ccc(-c2ccc(N)c(C)n2)c2ccccc12. The van der Waals surface area contributed by atoms with Gasteiger partial charge in [-0.2, -0.15) is 0 Å². The second-order valence-electron chi connectivity index (χ2n) is 4.73. The fraction of sp³-hybridized carbons (Fsp3) is 0.118. The molecule has 2 N–H and O–H groups in total. The van der Waals surface area contributed by atoms with E-state index in [4.69, 9.17) is 10.5 Å². The first-order valence-corrected chi connectivity index (χ1v) is 6.50. The van der Waals surface area contributed by atoms with E-state index in [1.807, 2.05) is 43.3 Å². The maximum absolute atomic E-state index is 5.84. The first-order valence-electron chi connectivity index (χ1n) is 6.50. The Kier molecular flexibility index (Phi) is 3.03. The first-order chi connectivity index (χ1) is 9.70. The van der Waals surface area contributed by atoms with Gasteiger partial charge in [0.1, 0.15) is 5.75 Å². The highest BCUT2D eigenvalue weighted by Crippen LogP contribution is 2.33. The van der Waals surface area contributed by atoms with Gasteiger partial charge < -0.3 is 10.5 Å². The molecule has 1 heterocycles. The van der Waals surface area contributed by atoms with Crippen LogP contribution in [0.2, 0.25) is 0 Å². The number of anilines is 1. The molecular weight excluding hydrogens is 248 g/mol. The molecule has 3 nitrogen and oxygen atoms in total. The van der Waals surface area contributed by atoms with Crippen molar-refractivity contribution in [2.24, 2.45) is 0 Å². The topological polar surface area (TPSA) is 48.1 Å². The molecule has 0 fully saturated rings. The summed E-state index contributed by atoms with van der Waals surface area (Å²) in [4.78, 5) is 4.58. The summed E-state index contributed by atoms with van der Waals surface area (Å²) < 4.78 is 5.42. The van der Waals surface area contributed by atoms with Crippen LogP contribution in [-0.2, 0) is 0 Å². The third-order valence-corrected chi connectivity index (χ3v) is 3.51. The van der Waals surface area contributed by atoms with Gasteiger partial charge in [-0.15, -0.1) is 0 Å². The van der Waals surface area contributed by atoms with Crippen LogP contribution in [-0.4, -0.2) is 12.1 Å². The number of nitrogens with zero attached hydrogens (tertiary/aromatic N) is 1. The van der Waals surface area contributed by atoms with Crippen molar-refractivity contribution < 1.29 is 4.74 Å². The van der Waals surface area contributed by atoms with Crippen molar-refractivity contribution in [3.8, 4) is 17.0 Å². The van der Waals surface area contributed by atoms with E-state index in [9.17, 15) is 0 Å². The lowest BCUT2D eigenvalue weighted by atomic mass is 10.0. The smallest absolute Gasteiger partial charge is 0.126 e. The maximum Gasteiger partial charge on any atom is 0.126 e. The van der Waals surface area contributed by atoms with Crippen molar-refractivity contribution in [1.29, 1.82) is 0 Å². The number of fused-ring (bicyclic) bond motifs is 1. The number of nitrogens with two attached hydrogens (primary N) is 1. The summed E-state index contributed by atoms with van der Waals surface area (Å²) in [6.45, 7) is 1.92. The van der Waals surface area contributed by atoms with Crippen molar-refractivity contribution >= 4 is 16.5 Å². The summed E-state index contributed by atoms with van der Waals surface area (Å²) in [6.07, 6.45) is 0. The average molecular weight is 264 g/mol. The Morgan fingerprint density at radius 3 is 2.40 bits per heavy atom. The zero-order valence-electron chi connectivity index (χ0n) is 11.6. The van der Waals surface area contributed by atoms with Crippen LogP contribution < -0.4 is 10.5 Å². The molecule has 1 aromatic heterocycles. The molecule has 0 saturated carbocycles. The molecule has 0 amide bonds. The fourth-order valence-electron chi connectivity index (χ4n) is 2.39. The average Bonchev–Trinajstić information content (AvgIpc) is 2.49. The van der Waals surface area contributed by atoms with Gasteiger partial charge in [-0.1, -0.05) is 24.3 Å². The number of hydrogen-bond acceptors (Lipinski definition) is 3. The minimum Gasteiger partial charge on any atom is -0.496 e. The standard InChI is InChI=1S/C17H16N2O/c1-11-15(18)8-9-16(19-11)13-7-10-17(20-2)14-6-4-3-5-12(13)14/h3-10H,18H2,1-2H3. The van der Waals surface area contributed by atoms with Crippen molar-refractivity contribution in [2.45, 2.75) is 6.92 Å². The lowest BCUT2D eigenvalue weighted by Crippen LogP contribution is -1.95. The molecule has 0 spiro atoms. The van der Waals surface area contributed by atoms with Crippen LogP contribution in [0.25, 0.3) is 22.0 Å². The zero-order chi connectivity index (χ0) is 14.1. The third kappa shape index (κ3) is 1.97. The van der Waals surface area contributed by atoms with Gasteiger partial charge in [0, 0.05) is 10.9 Å². The van der Waals surface area contributed by atoms with Crippen molar-refractivity contribution in [1.82, 2.24) is 4.98 Å². The van der Waals surface area contributed by atoms with Crippen LogP contribution in [0.1, 0.15) is 5.69 Å². The van der Waals surface area contributed by atoms with Crippen molar-refractivity contribution in [3.05, 3.63) is 54.2 Å². The van der Waals surface area contributed by atoms with Gasteiger partial charge in [-0.05, 0) is 36.6 Å². The van der Waals surface area contributed by atoms with Crippen LogP contribution in [0.5, 0.6) is 5.75 Å². The zero-order valence-corrected chi connectivity index (χ0v) is 11.6. The molecule has 2 aromatic carbocycles. The number of benzene rings is 2. The van der Waals surface area contributed by atoms with Crippen LogP contribution >= 0.6 is 0 Å². The summed E-state index contributed by atoms with van der Waals surface area (Å²) in [5.74, 6) is 0.872. The molecule has 0 unspecified atom stereocenters. The molecule has 0 radical (unpaired) electrons. The predicted molar refractivity (Wildman–Crippen MR) is 82.9 cm³/mol. The number of methoxy groups -OCH3 is 1. The Bertz CT molecular complexity index is 781. The van der Waals surface area contributed by atoms with Gasteiger partial charge in [0.2, 0.25) is 0 Å². The Morgan fingerprint density at radius 1 is 0.950 bits per heavy atom. The molecule has 0 aliphatic carbocycles. The quantitative estimate of drug-likeness (QED) is 0.765. The van der Waals surface area contributed by atoms with E-state index in [2.05, 4.69) is 17.1 Å². The number of aromatic nitrogens is 1. The van der Waals surface area contributed by atoms with Gasteiger partial charge in [-0.25, -0.2) is 0 Å². The highest BCUT2D eigenvalue weighted by atomic mass is 16.5. The Morgan fingerprint density at radius 2 is 1.70 bits per heavy atom. The first kappa shape index (κ1) is 12.5. The Labute approximate surface area is 118 Å². The number of aryl methyl sites for hydroxylation is 1. The second-order valence-corrected chi connectivity index (χ2v) is 4.73. The number of ether oxygens (including phenoxy) is 1. The number of hydrogen-bond donors (Lipinski definition) is 1. The number of nitrogen functional groups attached to an aromatic ring is 1. The van der Waals surface area contributed by atoms with Gasteiger partial charge in [0.05, 0.1) is 24.2 Å². The molecule has 3 aromatic rings. The summed E-state index contributed by atoms with van der Waals surface area (Å²) in [5, 5.41) is 2.22. The third-order valence-electron chi connectivity index (χ3n) is 3.51. The van der Waals surface area contributed by atoms with E-state index >= 15 is 0 Å². The van der Waals surface area contributed by atoms with Gasteiger partial charge in [0.15, 0.2) is 0 Å². The minimum atomic E-state index is 0.714. The molecule has 0 bridgehead atoms. The second kappa shape index (κ2) is 4.85. The van der Waals surface area contributed by atoms with Gasteiger partial charge in [-0.3, -0.25) is 4.98 Å². The van der Waals surface area contributed by atoms with Crippen LogP contribution in [0, 0.1) is 6.92 Å². The van der Waals surface area contributed by atoms with E-state index in [0.29, 0.717) is 5.69 Å². The Balaban J connectivity index is 2.29. The predicted octanol–water partition coefficient (Wildman–Crippen LogP) is 3.80. The van der Waals surface area contributed by atoms with Crippen LogP contribution in [0.4, 0.5) is 5.69 Å². The van der Waals surface area contributed by atoms with Crippen LogP contribution in [0.3, 0.4) is 0 Å². The van der Waals surface area contributed by atoms with E-state index in [1.165, 1.54) is 0 Å². The van der Waals surface area contributed by atoms with Crippen LogP contribution in [0.15, 0.2) is 48.5 Å². The van der Waals surface area contributed by atoms with Gasteiger partial charge in [0.25, 0.3) is 0 Å². The molecule has 0 aliphatic rings. The summed E-state index contributed by atoms with van der Waals surface area (Å²) in [6, 6.07) is 16.0. The summed E-state index contributed by atoms with van der Waals surface area (Å²) >= 11 is 0. The number of pyridine rings is 1. The van der Waals surface area contributed by atoms with E-state index < -0.39 is 0 Å². The monoisotopic (exact) mass is 264 g/mol. The summed E-state index contributed by atoms with van der Waals surface area (Å²) in [5.41, 5.74) is 9.42. The summed E-state index contributed by atoms with van der Waals surface area (Å²) in [7, 11) is 1.69. The molecule has 0 saturated heterocycles. The van der Waals surface area contributed by atoms with Crippen molar-refractivity contribution in [2.75, 3.05) is 12.8 Å². The Hall–Kier alpha value is -2.55. The van der Waals surface area contributed by atoms with Crippen molar-refractivity contribution in [3.63, 3.8) is 0 Å². The molecular formula is C17H16N2O. The highest BCUT2D eigenvalue weighted by Gasteiger charge is 2.09. The number of rotatable bonds is 2. The molecule has 100 valence electrons. The molecule has 3 rings (SSSR count). The lowest BCUT2D eigenvalue weighted by Gasteiger charge is -2.11. The maximum atomic E-state index is 5.84. The normalized spacial score (nSPS) is 10.7. The largest absolute Gasteiger partial charge is 0.496 e. The molecule has 20 heavy (non-hydrogen) atoms. The van der Waals surface area contributed by atoms with E-state index in [0.717, 1.165) is 33.5 Å². The van der Waals surface area contributed by atoms with Gasteiger partial charge >= 0.3 is 0 Å². The molecule has 0 aliphatic heterocycles. The fourth-order valence-corrected chi connectivity index (χ4v) is 2.39. The molecule has 0 atom stereocenters.